The Labute approximate surface area is 149 Å². The molecular formula is C21H24N2O2. The molecule has 2 aromatic carbocycles. The number of carbonyl (C=O) groups excluding carboxylic acids is 1. The molecule has 0 bridgehead atoms. The molecule has 25 heavy (non-hydrogen) atoms. The highest BCUT2D eigenvalue weighted by Crippen LogP contribution is 2.17. The lowest BCUT2D eigenvalue weighted by Gasteiger charge is -2.22. The van der Waals surface area contributed by atoms with E-state index in [1.54, 1.807) is 17.0 Å². The number of hydrogen-bond donors (Lipinski definition) is 0. The molecule has 0 aromatic heterocycles. The minimum absolute atomic E-state index is 0.0833. The van der Waals surface area contributed by atoms with Crippen LogP contribution in [0.25, 0.3) is 0 Å². The monoisotopic (exact) mass is 336 g/mol. The van der Waals surface area contributed by atoms with E-state index in [1.807, 2.05) is 42.5 Å². The lowest BCUT2D eigenvalue weighted by atomic mass is 10.1. The average Bonchev–Trinajstić information content (AvgIpc) is 2.66. The molecule has 4 nitrogen and oxygen atoms in total. The van der Waals surface area contributed by atoms with Crippen LogP contribution in [0.5, 0.6) is 5.75 Å². The second kappa shape index (κ2) is 10.1. The summed E-state index contributed by atoms with van der Waals surface area (Å²) >= 11 is 0. The SMILES string of the molecule is CCCCOc1cccc(C(=O)N(CCC#N)Cc2ccccc2)c1. The molecule has 0 saturated carbocycles. The quantitative estimate of drug-likeness (QED) is 0.637. The zero-order valence-electron chi connectivity index (χ0n) is 14.6. The van der Waals surface area contributed by atoms with Crippen LogP contribution in [0.2, 0.25) is 0 Å². The molecule has 0 aliphatic carbocycles. The fourth-order valence-electron chi connectivity index (χ4n) is 2.48. The molecule has 2 aromatic rings. The number of benzene rings is 2. The Morgan fingerprint density at radius 2 is 1.96 bits per heavy atom. The summed E-state index contributed by atoms with van der Waals surface area (Å²) in [6.45, 7) is 3.66. The van der Waals surface area contributed by atoms with Gasteiger partial charge in [0.05, 0.1) is 19.1 Å². The molecule has 0 atom stereocenters. The predicted molar refractivity (Wildman–Crippen MR) is 98.3 cm³/mol. The van der Waals surface area contributed by atoms with Gasteiger partial charge in [0.1, 0.15) is 5.75 Å². The number of unbranched alkanes of at least 4 members (excludes halogenated alkanes) is 1. The molecule has 0 fully saturated rings. The molecule has 0 N–H and O–H groups in total. The lowest BCUT2D eigenvalue weighted by molar-refractivity contribution is 0.0746. The van der Waals surface area contributed by atoms with Gasteiger partial charge in [0.25, 0.3) is 5.91 Å². The third-order valence-electron chi connectivity index (χ3n) is 3.84. The molecule has 0 unspecified atom stereocenters. The second-order valence-electron chi connectivity index (χ2n) is 5.85. The van der Waals surface area contributed by atoms with Crippen molar-refractivity contribution in [2.24, 2.45) is 0 Å². The van der Waals surface area contributed by atoms with Gasteiger partial charge < -0.3 is 9.64 Å². The van der Waals surface area contributed by atoms with Crippen molar-refractivity contribution in [1.29, 1.82) is 5.26 Å². The zero-order chi connectivity index (χ0) is 17.9. The van der Waals surface area contributed by atoms with Crippen molar-refractivity contribution in [2.75, 3.05) is 13.2 Å². The summed E-state index contributed by atoms with van der Waals surface area (Å²) in [7, 11) is 0. The van der Waals surface area contributed by atoms with Crippen LogP contribution >= 0.6 is 0 Å². The van der Waals surface area contributed by atoms with Crippen LogP contribution in [0.15, 0.2) is 54.6 Å². The van der Waals surface area contributed by atoms with E-state index in [0.717, 1.165) is 18.4 Å². The van der Waals surface area contributed by atoms with Gasteiger partial charge in [0, 0.05) is 18.7 Å². The highest BCUT2D eigenvalue weighted by Gasteiger charge is 2.16. The van der Waals surface area contributed by atoms with Gasteiger partial charge in [-0.3, -0.25) is 4.79 Å². The van der Waals surface area contributed by atoms with Gasteiger partial charge in [-0.25, -0.2) is 0 Å². The summed E-state index contributed by atoms with van der Waals surface area (Å²) in [4.78, 5) is 14.6. The van der Waals surface area contributed by atoms with Gasteiger partial charge in [-0.05, 0) is 30.2 Å². The molecule has 0 spiro atoms. The fourth-order valence-corrected chi connectivity index (χ4v) is 2.48. The maximum atomic E-state index is 12.9. The Bertz CT molecular complexity index is 707. The van der Waals surface area contributed by atoms with Crippen LogP contribution in [0.1, 0.15) is 42.1 Å². The van der Waals surface area contributed by atoms with Crippen LogP contribution in [0, 0.1) is 11.3 Å². The number of nitrogens with zero attached hydrogens (tertiary/aromatic N) is 2. The molecule has 130 valence electrons. The van der Waals surface area contributed by atoms with Crippen molar-refractivity contribution in [3.05, 3.63) is 65.7 Å². The second-order valence-corrected chi connectivity index (χ2v) is 5.85. The Morgan fingerprint density at radius 1 is 1.16 bits per heavy atom. The molecule has 0 heterocycles. The summed E-state index contributed by atoms with van der Waals surface area (Å²) in [6, 6.07) is 19.2. The first-order valence-electron chi connectivity index (χ1n) is 8.67. The number of rotatable bonds is 9. The zero-order valence-corrected chi connectivity index (χ0v) is 14.6. The van der Waals surface area contributed by atoms with Crippen LogP contribution < -0.4 is 4.74 Å². The highest BCUT2D eigenvalue weighted by molar-refractivity contribution is 5.94. The Morgan fingerprint density at radius 3 is 2.68 bits per heavy atom. The van der Waals surface area contributed by atoms with Gasteiger partial charge in [-0.2, -0.15) is 5.26 Å². The van der Waals surface area contributed by atoms with Crippen LogP contribution in [0.3, 0.4) is 0 Å². The largest absolute Gasteiger partial charge is 0.494 e. The van der Waals surface area contributed by atoms with Gasteiger partial charge in [-0.15, -0.1) is 0 Å². The molecule has 0 aliphatic rings. The van der Waals surface area contributed by atoms with Crippen molar-refractivity contribution in [3.63, 3.8) is 0 Å². The fraction of sp³-hybridized carbons (Fsp3) is 0.333. The summed E-state index contributed by atoms with van der Waals surface area (Å²) in [5.74, 6) is 0.624. The summed E-state index contributed by atoms with van der Waals surface area (Å²) in [5, 5.41) is 8.89. The summed E-state index contributed by atoms with van der Waals surface area (Å²) < 4.78 is 5.69. The number of carbonyl (C=O) groups is 1. The number of amides is 1. The van der Waals surface area contributed by atoms with Crippen molar-refractivity contribution in [2.45, 2.75) is 32.7 Å². The van der Waals surface area contributed by atoms with E-state index in [2.05, 4.69) is 13.0 Å². The third-order valence-corrected chi connectivity index (χ3v) is 3.84. The third kappa shape index (κ3) is 5.96. The van der Waals surface area contributed by atoms with Crippen LogP contribution in [0.4, 0.5) is 0 Å². The van der Waals surface area contributed by atoms with Crippen molar-refractivity contribution in [3.8, 4) is 11.8 Å². The van der Waals surface area contributed by atoms with Gasteiger partial charge in [0.15, 0.2) is 0 Å². The van der Waals surface area contributed by atoms with E-state index in [4.69, 9.17) is 10.00 Å². The molecule has 0 aliphatic heterocycles. The van der Waals surface area contributed by atoms with E-state index < -0.39 is 0 Å². The van der Waals surface area contributed by atoms with Crippen LogP contribution in [-0.2, 0) is 6.54 Å². The summed E-state index contributed by atoms with van der Waals surface area (Å²) in [5.41, 5.74) is 1.63. The highest BCUT2D eigenvalue weighted by atomic mass is 16.5. The van der Waals surface area contributed by atoms with E-state index >= 15 is 0 Å². The molecule has 4 heteroatoms. The maximum Gasteiger partial charge on any atom is 0.254 e. The number of hydrogen-bond acceptors (Lipinski definition) is 3. The molecule has 2 rings (SSSR count). The van der Waals surface area contributed by atoms with Crippen LogP contribution in [-0.4, -0.2) is 24.0 Å². The van der Waals surface area contributed by atoms with Crippen molar-refractivity contribution < 1.29 is 9.53 Å². The van der Waals surface area contributed by atoms with E-state index in [0.29, 0.717) is 37.4 Å². The van der Waals surface area contributed by atoms with E-state index in [9.17, 15) is 4.79 Å². The average molecular weight is 336 g/mol. The minimum atomic E-state index is -0.0833. The Hall–Kier alpha value is -2.80. The first kappa shape index (κ1) is 18.5. The van der Waals surface area contributed by atoms with E-state index in [-0.39, 0.29) is 5.91 Å². The molecule has 0 saturated heterocycles. The van der Waals surface area contributed by atoms with Gasteiger partial charge in [0.2, 0.25) is 0 Å². The van der Waals surface area contributed by atoms with Gasteiger partial charge in [-0.1, -0.05) is 49.7 Å². The lowest BCUT2D eigenvalue weighted by Crippen LogP contribution is -2.31. The van der Waals surface area contributed by atoms with Gasteiger partial charge >= 0.3 is 0 Å². The van der Waals surface area contributed by atoms with E-state index in [1.165, 1.54) is 0 Å². The first-order chi connectivity index (χ1) is 12.2. The van der Waals surface area contributed by atoms with Crippen molar-refractivity contribution >= 4 is 5.91 Å². The summed E-state index contributed by atoms with van der Waals surface area (Å²) in [6.07, 6.45) is 2.36. The number of nitriles is 1. The molecular weight excluding hydrogens is 312 g/mol. The smallest absolute Gasteiger partial charge is 0.254 e. The first-order valence-corrected chi connectivity index (χ1v) is 8.67. The maximum absolute atomic E-state index is 12.9. The Balaban J connectivity index is 2.12. The standard InChI is InChI=1S/C21H24N2O2/c1-2-3-15-25-20-12-7-11-19(16-20)21(24)23(14-8-13-22)17-18-9-5-4-6-10-18/h4-7,9-12,16H,2-3,8,14-15,17H2,1H3. The van der Waals surface area contributed by atoms with Crippen molar-refractivity contribution in [1.82, 2.24) is 4.90 Å². The molecule has 1 amide bonds. The normalized spacial score (nSPS) is 10.1. The molecule has 0 radical (unpaired) electrons. The minimum Gasteiger partial charge on any atom is -0.494 e. The topological polar surface area (TPSA) is 53.3 Å². The Kier molecular flexibility index (Phi) is 7.52. The predicted octanol–water partition coefficient (Wildman–Crippen LogP) is 4.42. The number of ether oxygens (including phenoxy) is 1.